The maximum atomic E-state index is 8.61. The van der Waals surface area contributed by atoms with E-state index in [4.69, 9.17) is 10.2 Å². The van der Waals surface area contributed by atoms with Gasteiger partial charge in [-0.2, -0.15) is 11.8 Å². The van der Waals surface area contributed by atoms with Gasteiger partial charge in [0.15, 0.2) is 0 Å². The summed E-state index contributed by atoms with van der Waals surface area (Å²) in [6.07, 6.45) is 0.854. The zero-order valence-corrected chi connectivity index (χ0v) is 10.0. The van der Waals surface area contributed by atoms with Gasteiger partial charge in [0.25, 0.3) is 0 Å². The molecule has 2 N–H and O–H groups in total. The third-order valence-electron chi connectivity index (χ3n) is 1.66. The number of thiophene rings is 1. The van der Waals surface area contributed by atoms with Crippen molar-refractivity contribution in [1.29, 1.82) is 0 Å². The van der Waals surface area contributed by atoms with Crippen LogP contribution in [0.25, 0.3) is 0 Å². The maximum Gasteiger partial charge on any atom is 0.104 e. The highest BCUT2D eigenvalue weighted by atomic mass is 32.2. The van der Waals surface area contributed by atoms with E-state index in [1.165, 1.54) is 4.88 Å². The Morgan fingerprint density at radius 2 is 2.27 bits per heavy atom. The van der Waals surface area contributed by atoms with Gasteiger partial charge in [0.1, 0.15) is 6.61 Å². The van der Waals surface area contributed by atoms with Gasteiger partial charge in [0, 0.05) is 28.2 Å². The summed E-state index contributed by atoms with van der Waals surface area (Å²) in [5, 5.41) is 19.2. The highest BCUT2D eigenvalue weighted by Gasteiger charge is 1.97. The topological polar surface area (TPSA) is 40.5 Å². The lowest BCUT2D eigenvalue weighted by Gasteiger charge is -1.96. The summed E-state index contributed by atoms with van der Waals surface area (Å²) in [5.74, 6) is 7.47. The largest absolute Gasteiger partial charge is 0.396 e. The van der Waals surface area contributed by atoms with Crippen LogP contribution < -0.4 is 0 Å². The number of hydrogen-bond donors (Lipinski definition) is 2. The first-order valence-corrected chi connectivity index (χ1v) is 6.76. The lowest BCUT2D eigenvalue weighted by molar-refractivity contribution is 0.296. The highest BCUT2D eigenvalue weighted by Crippen LogP contribution is 2.20. The predicted molar refractivity (Wildman–Crippen MR) is 66.1 cm³/mol. The Morgan fingerprint density at radius 3 is 3.00 bits per heavy atom. The van der Waals surface area contributed by atoms with E-state index in [1.807, 2.05) is 17.1 Å². The summed E-state index contributed by atoms with van der Waals surface area (Å²) in [6.45, 7) is 0.182. The molecular formula is C11H14O2S2. The van der Waals surface area contributed by atoms with Crippen molar-refractivity contribution in [3.05, 3.63) is 21.9 Å². The second-order valence-electron chi connectivity index (χ2n) is 2.89. The average molecular weight is 242 g/mol. The Balaban J connectivity index is 2.33. The van der Waals surface area contributed by atoms with Crippen molar-refractivity contribution in [3.63, 3.8) is 0 Å². The second-order valence-corrected chi connectivity index (χ2v) is 4.99. The van der Waals surface area contributed by atoms with Crippen molar-refractivity contribution in [2.24, 2.45) is 0 Å². The van der Waals surface area contributed by atoms with Crippen LogP contribution in [-0.4, -0.2) is 29.2 Å². The molecule has 0 atom stereocenters. The van der Waals surface area contributed by atoms with Gasteiger partial charge < -0.3 is 10.2 Å². The molecule has 0 aliphatic carbocycles. The minimum atomic E-state index is -0.0869. The summed E-state index contributed by atoms with van der Waals surface area (Å²) >= 11 is 3.51. The summed E-state index contributed by atoms with van der Waals surface area (Å²) in [7, 11) is 0. The highest BCUT2D eigenvalue weighted by molar-refractivity contribution is 7.98. The van der Waals surface area contributed by atoms with Crippen molar-refractivity contribution >= 4 is 23.1 Å². The molecular weight excluding hydrogens is 228 g/mol. The fourth-order valence-electron chi connectivity index (χ4n) is 1.00. The molecule has 2 nitrogen and oxygen atoms in total. The van der Waals surface area contributed by atoms with Gasteiger partial charge in [-0.15, -0.1) is 11.3 Å². The van der Waals surface area contributed by atoms with Crippen molar-refractivity contribution < 1.29 is 10.2 Å². The molecule has 0 aromatic carbocycles. The molecule has 0 aliphatic heterocycles. The van der Waals surface area contributed by atoms with Gasteiger partial charge in [0.05, 0.1) is 0 Å². The number of aliphatic hydroxyl groups excluding tert-OH is 2. The number of rotatable bonds is 5. The van der Waals surface area contributed by atoms with E-state index in [0.29, 0.717) is 0 Å². The Morgan fingerprint density at radius 1 is 1.40 bits per heavy atom. The fourth-order valence-corrected chi connectivity index (χ4v) is 2.89. The zero-order chi connectivity index (χ0) is 10.9. The van der Waals surface area contributed by atoms with Gasteiger partial charge in [-0.05, 0) is 18.2 Å². The van der Waals surface area contributed by atoms with Crippen LogP contribution in [-0.2, 0) is 5.75 Å². The molecule has 1 aromatic heterocycles. The van der Waals surface area contributed by atoms with Crippen LogP contribution >= 0.6 is 23.1 Å². The van der Waals surface area contributed by atoms with Crippen LogP contribution in [0.5, 0.6) is 0 Å². The van der Waals surface area contributed by atoms with Gasteiger partial charge >= 0.3 is 0 Å². The summed E-state index contributed by atoms with van der Waals surface area (Å²) in [5.41, 5.74) is 0.979. The van der Waals surface area contributed by atoms with Crippen molar-refractivity contribution in [1.82, 2.24) is 0 Å². The van der Waals surface area contributed by atoms with E-state index in [1.54, 1.807) is 11.3 Å². The van der Waals surface area contributed by atoms with Gasteiger partial charge in [-0.3, -0.25) is 0 Å². The first-order valence-electron chi connectivity index (χ1n) is 4.72. The summed E-state index contributed by atoms with van der Waals surface area (Å²) < 4.78 is 0. The average Bonchev–Trinajstić information content (AvgIpc) is 2.69. The molecule has 1 heterocycles. The summed E-state index contributed by atoms with van der Waals surface area (Å²) in [6, 6.07) is 2.05. The summed E-state index contributed by atoms with van der Waals surface area (Å²) in [4.78, 5) is 1.29. The molecule has 1 rings (SSSR count). The van der Waals surface area contributed by atoms with Crippen LogP contribution in [0.3, 0.4) is 0 Å². The van der Waals surface area contributed by atoms with E-state index in [2.05, 4.69) is 17.9 Å². The number of aliphatic hydroxyl groups is 2. The van der Waals surface area contributed by atoms with E-state index in [-0.39, 0.29) is 13.2 Å². The molecule has 0 bridgehead atoms. The molecule has 0 amide bonds. The standard InChI is InChI=1S/C11H14O2S2/c12-4-1-3-10-7-11(15-8-10)9-14-6-2-5-13/h7-8,12-13H,2,4-6,9H2. The third kappa shape index (κ3) is 5.24. The Hall–Kier alpha value is -0.470. The van der Waals surface area contributed by atoms with Crippen LogP contribution in [0.2, 0.25) is 0 Å². The number of thioether (sulfide) groups is 1. The molecule has 0 saturated heterocycles. The molecule has 0 aliphatic rings. The Labute approximate surface area is 98.3 Å². The first kappa shape index (κ1) is 12.6. The molecule has 1 aromatic rings. The molecule has 0 radical (unpaired) electrons. The maximum absolute atomic E-state index is 8.61. The van der Waals surface area contributed by atoms with Gasteiger partial charge in [-0.1, -0.05) is 11.8 Å². The normalized spacial score (nSPS) is 9.73. The van der Waals surface area contributed by atoms with E-state index >= 15 is 0 Å². The quantitative estimate of drug-likeness (QED) is 0.610. The van der Waals surface area contributed by atoms with Gasteiger partial charge in [-0.25, -0.2) is 0 Å². The van der Waals surface area contributed by atoms with Crippen molar-refractivity contribution in [2.75, 3.05) is 19.0 Å². The molecule has 82 valence electrons. The van der Waals surface area contributed by atoms with Crippen molar-refractivity contribution in [2.45, 2.75) is 12.2 Å². The predicted octanol–water partition coefficient (Wildman–Crippen LogP) is 1.71. The molecule has 0 unspecified atom stereocenters. The lowest BCUT2D eigenvalue weighted by atomic mass is 10.3. The smallest absolute Gasteiger partial charge is 0.104 e. The van der Waals surface area contributed by atoms with Crippen LogP contribution in [0, 0.1) is 11.8 Å². The van der Waals surface area contributed by atoms with Crippen LogP contribution in [0.1, 0.15) is 16.9 Å². The lowest BCUT2D eigenvalue weighted by Crippen LogP contribution is -1.85. The van der Waals surface area contributed by atoms with E-state index < -0.39 is 0 Å². The minimum Gasteiger partial charge on any atom is -0.396 e. The van der Waals surface area contributed by atoms with E-state index in [0.717, 1.165) is 23.5 Å². The number of hydrogen-bond acceptors (Lipinski definition) is 4. The Bertz CT molecular complexity index is 336. The zero-order valence-electron chi connectivity index (χ0n) is 8.40. The monoisotopic (exact) mass is 242 g/mol. The molecule has 15 heavy (non-hydrogen) atoms. The molecule has 0 fully saturated rings. The van der Waals surface area contributed by atoms with Gasteiger partial charge in [0.2, 0.25) is 0 Å². The molecule has 0 spiro atoms. The minimum absolute atomic E-state index is 0.0869. The first-order chi connectivity index (χ1) is 7.36. The van der Waals surface area contributed by atoms with Crippen LogP contribution in [0.4, 0.5) is 0 Å². The third-order valence-corrected chi connectivity index (χ3v) is 3.87. The fraction of sp³-hybridized carbons (Fsp3) is 0.455. The van der Waals surface area contributed by atoms with Crippen molar-refractivity contribution in [3.8, 4) is 11.8 Å². The second kappa shape index (κ2) is 7.77. The van der Waals surface area contributed by atoms with Crippen LogP contribution in [0.15, 0.2) is 11.4 Å². The molecule has 4 heteroatoms. The Kier molecular flexibility index (Phi) is 6.53. The van der Waals surface area contributed by atoms with E-state index in [9.17, 15) is 0 Å². The SMILES string of the molecule is OCC#Cc1csc(CSCCCO)c1. The molecule has 0 saturated carbocycles.